The van der Waals surface area contributed by atoms with Crippen molar-refractivity contribution in [3.8, 4) is 5.75 Å². The lowest BCUT2D eigenvalue weighted by molar-refractivity contribution is 0.223. The standard InChI is InChI=1S/C21H28FN3O2/c1-3-25(4-2)15-16-27-20-8-6-5-7-19(20)24-21(26)23-14-13-17-9-11-18(22)12-10-17/h5-12H,3-4,13-16H2,1-2H3,(H2,23,24,26). The Labute approximate surface area is 160 Å². The van der Waals surface area contributed by atoms with Crippen LogP contribution in [0.4, 0.5) is 14.9 Å². The van der Waals surface area contributed by atoms with Gasteiger partial charge in [-0.3, -0.25) is 0 Å². The molecule has 6 heteroatoms. The third-order valence-corrected chi connectivity index (χ3v) is 4.31. The van der Waals surface area contributed by atoms with E-state index in [9.17, 15) is 9.18 Å². The molecule has 0 saturated carbocycles. The summed E-state index contributed by atoms with van der Waals surface area (Å²) in [6, 6.07) is 13.4. The molecule has 0 aromatic heterocycles. The topological polar surface area (TPSA) is 53.6 Å². The quantitative estimate of drug-likeness (QED) is 0.664. The molecule has 0 radical (unpaired) electrons. The first kappa shape index (κ1) is 20.7. The van der Waals surface area contributed by atoms with Gasteiger partial charge in [0.25, 0.3) is 0 Å². The van der Waals surface area contributed by atoms with Crippen LogP contribution in [0.2, 0.25) is 0 Å². The van der Waals surface area contributed by atoms with Crippen molar-refractivity contribution in [3.63, 3.8) is 0 Å². The molecule has 27 heavy (non-hydrogen) atoms. The molecule has 0 atom stereocenters. The number of urea groups is 1. The van der Waals surface area contributed by atoms with Crippen LogP contribution >= 0.6 is 0 Å². The first-order valence-electron chi connectivity index (χ1n) is 9.35. The Hall–Kier alpha value is -2.60. The molecule has 0 fully saturated rings. The van der Waals surface area contributed by atoms with Crippen LogP contribution < -0.4 is 15.4 Å². The van der Waals surface area contributed by atoms with Gasteiger partial charge < -0.3 is 20.3 Å². The summed E-state index contributed by atoms with van der Waals surface area (Å²) >= 11 is 0. The normalized spacial score (nSPS) is 10.7. The average molecular weight is 373 g/mol. The summed E-state index contributed by atoms with van der Waals surface area (Å²) in [5.74, 6) is 0.389. The number of amides is 2. The van der Waals surface area contributed by atoms with Crippen molar-refractivity contribution in [1.82, 2.24) is 10.2 Å². The Kier molecular flexibility index (Phi) is 8.58. The minimum absolute atomic E-state index is 0.262. The summed E-state index contributed by atoms with van der Waals surface area (Å²) in [5, 5.41) is 5.63. The van der Waals surface area contributed by atoms with Gasteiger partial charge in [0.05, 0.1) is 5.69 Å². The van der Waals surface area contributed by atoms with Crippen molar-refractivity contribution in [1.29, 1.82) is 0 Å². The fraction of sp³-hybridized carbons (Fsp3) is 0.381. The molecule has 2 aromatic carbocycles. The molecule has 2 aromatic rings. The SMILES string of the molecule is CCN(CC)CCOc1ccccc1NC(=O)NCCc1ccc(F)cc1. The molecule has 0 saturated heterocycles. The molecular formula is C21H28FN3O2. The zero-order chi connectivity index (χ0) is 19.5. The Morgan fingerprint density at radius 3 is 2.48 bits per heavy atom. The smallest absolute Gasteiger partial charge is 0.319 e. The highest BCUT2D eigenvalue weighted by atomic mass is 19.1. The molecule has 0 bridgehead atoms. The first-order chi connectivity index (χ1) is 13.1. The molecule has 2 N–H and O–H groups in total. The maximum Gasteiger partial charge on any atom is 0.319 e. The van der Waals surface area contributed by atoms with Gasteiger partial charge in [-0.05, 0) is 49.3 Å². The number of hydrogen-bond acceptors (Lipinski definition) is 3. The number of halogens is 1. The number of hydrogen-bond donors (Lipinski definition) is 2. The van der Waals surface area contributed by atoms with E-state index in [2.05, 4.69) is 29.4 Å². The highest BCUT2D eigenvalue weighted by Crippen LogP contribution is 2.23. The van der Waals surface area contributed by atoms with Crippen LogP contribution in [0.15, 0.2) is 48.5 Å². The van der Waals surface area contributed by atoms with Crippen molar-refractivity contribution in [3.05, 3.63) is 59.9 Å². The largest absolute Gasteiger partial charge is 0.490 e. The van der Waals surface area contributed by atoms with E-state index < -0.39 is 0 Å². The summed E-state index contributed by atoms with van der Waals surface area (Å²) in [6.45, 7) is 8.07. The van der Waals surface area contributed by atoms with Crippen LogP contribution in [0.25, 0.3) is 0 Å². The van der Waals surface area contributed by atoms with E-state index in [1.165, 1.54) is 12.1 Å². The van der Waals surface area contributed by atoms with Gasteiger partial charge in [-0.2, -0.15) is 0 Å². The van der Waals surface area contributed by atoms with E-state index >= 15 is 0 Å². The zero-order valence-electron chi connectivity index (χ0n) is 16.0. The van der Waals surface area contributed by atoms with E-state index in [0.29, 0.717) is 31.0 Å². The Morgan fingerprint density at radius 1 is 1.07 bits per heavy atom. The fourth-order valence-electron chi connectivity index (χ4n) is 2.66. The lowest BCUT2D eigenvalue weighted by Crippen LogP contribution is -2.31. The number of carbonyl (C=O) groups is 1. The molecule has 0 heterocycles. The molecule has 0 aliphatic heterocycles. The molecule has 0 unspecified atom stereocenters. The van der Waals surface area contributed by atoms with Crippen molar-refractivity contribution in [2.24, 2.45) is 0 Å². The summed E-state index contributed by atoms with van der Waals surface area (Å²) in [4.78, 5) is 14.4. The van der Waals surface area contributed by atoms with Gasteiger partial charge in [-0.25, -0.2) is 9.18 Å². The maximum absolute atomic E-state index is 12.9. The maximum atomic E-state index is 12.9. The molecular weight excluding hydrogens is 345 g/mol. The number of benzene rings is 2. The van der Waals surface area contributed by atoms with E-state index in [0.717, 1.165) is 25.2 Å². The summed E-state index contributed by atoms with van der Waals surface area (Å²) in [5.41, 5.74) is 1.60. The lowest BCUT2D eigenvalue weighted by atomic mass is 10.1. The van der Waals surface area contributed by atoms with Gasteiger partial charge in [-0.15, -0.1) is 0 Å². The van der Waals surface area contributed by atoms with Crippen LogP contribution in [-0.4, -0.2) is 43.7 Å². The first-order valence-corrected chi connectivity index (χ1v) is 9.35. The van der Waals surface area contributed by atoms with E-state index in [4.69, 9.17) is 4.74 Å². The number of anilines is 1. The Bertz CT molecular complexity index is 703. The van der Waals surface area contributed by atoms with Crippen molar-refractivity contribution in [2.75, 3.05) is 38.1 Å². The number of rotatable bonds is 10. The van der Waals surface area contributed by atoms with E-state index in [1.807, 2.05) is 24.3 Å². The highest BCUT2D eigenvalue weighted by molar-refractivity contribution is 5.90. The molecule has 0 aliphatic carbocycles. The number of ether oxygens (including phenoxy) is 1. The summed E-state index contributed by atoms with van der Waals surface area (Å²) in [7, 11) is 0. The van der Waals surface area contributed by atoms with Crippen LogP contribution in [-0.2, 0) is 6.42 Å². The van der Waals surface area contributed by atoms with Gasteiger partial charge in [0.1, 0.15) is 18.2 Å². The second-order valence-electron chi connectivity index (χ2n) is 6.13. The monoisotopic (exact) mass is 373 g/mol. The van der Waals surface area contributed by atoms with Gasteiger partial charge in [-0.1, -0.05) is 38.1 Å². The van der Waals surface area contributed by atoms with Crippen molar-refractivity contribution in [2.45, 2.75) is 20.3 Å². The second kappa shape index (κ2) is 11.2. The number of carbonyl (C=O) groups excluding carboxylic acids is 1. The van der Waals surface area contributed by atoms with Crippen molar-refractivity contribution < 1.29 is 13.9 Å². The van der Waals surface area contributed by atoms with Crippen LogP contribution in [0, 0.1) is 5.82 Å². The third-order valence-electron chi connectivity index (χ3n) is 4.31. The Morgan fingerprint density at radius 2 is 1.78 bits per heavy atom. The highest BCUT2D eigenvalue weighted by Gasteiger charge is 2.08. The number of nitrogens with zero attached hydrogens (tertiary/aromatic N) is 1. The minimum atomic E-state index is -0.295. The zero-order valence-corrected chi connectivity index (χ0v) is 16.0. The van der Waals surface area contributed by atoms with Crippen LogP contribution in [0.3, 0.4) is 0 Å². The summed E-state index contributed by atoms with van der Waals surface area (Å²) in [6.07, 6.45) is 0.635. The number of likely N-dealkylation sites (N-methyl/N-ethyl adjacent to an activating group) is 1. The summed E-state index contributed by atoms with van der Waals surface area (Å²) < 4.78 is 18.7. The van der Waals surface area contributed by atoms with Crippen LogP contribution in [0.5, 0.6) is 5.75 Å². The predicted molar refractivity (Wildman–Crippen MR) is 107 cm³/mol. The van der Waals surface area contributed by atoms with Gasteiger partial charge >= 0.3 is 6.03 Å². The molecule has 0 aliphatic rings. The molecule has 2 rings (SSSR count). The van der Waals surface area contributed by atoms with Gasteiger partial charge in [0.2, 0.25) is 0 Å². The van der Waals surface area contributed by atoms with Crippen LogP contribution in [0.1, 0.15) is 19.4 Å². The number of para-hydroxylation sites is 2. The van der Waals surface area contributed by atoms with Gasteiger partial charge in [0.15, 0.2) is 0 Å². The van der Waals surface area contributed by atoms with E-state index in [1.54, 1.807) is 12.1 Å². The lowest BCUT2D eigenvalue weighted by Gasteiger charge is -2.19. The van der Waals surface area contributed by atoms with Gasteiger partial charge in [0, 0.05) is 13.1 Å². The fourth-order valence-corrected chi connectivity index (χ4v) is 2.66. The third kappa shape index (κ3) is 7.27. The minimum Gasteiger partial charge on any atom is -0.490 e. The molecule has 0 spiro atoms. The average Bonchev–Trinajstić information content (AvgIpc) is 2.68. The molecule has 2 amide bonds. The Balaban J connectivity index is 1.79. The van der Waals surface area contributed by atoms with E-state index in [-0.39, 0.29) is 11.8 Å². The molecule has 146 valence electrons. The number of nitrogens with one attached hydrogen (secondary N) is 2. The molecule has 5 nitrogen and oxygen atoms in total. The predicted octanol–water partition coefficient (Wildman–Crippen LogP) is 3.91. The second-order valence-corrected chi connectivity index (χ2v) is 6.13. The van der Waals surface area contributed by atoms with Crippen molar-refractivity contribution >= 4 is 11.7 Å².